The molecule has 2 aromatic rings. The fourth-order valence-electron chi connectivity index (χ4n) is 2.71. The number of hydrogen-bond donors (Lipinski definition) is 1. The van der Waals surface area contributed by atoms with Gasteiger partial charge >= 0.3 is 0 Å². The fraction of sp³-hybridized carbons (Fsp3) is 0.375. The van der Waals surface area contributed by atoms with Crippen molar-refractivity contribution < 1.29 is 4.74 Å². The molecule has 0 radical (unpaired) electrons. The highest BCUT2D eigenvalue weighted by Crippen LogP contribution is 2.34. The van der Waals surface area contributed by atoms with Gasteiger partial charge in [-0.3, -0.25) is 4.68 Å². The molecule has 106 valence electrons. The summed E-state index contributed by atoms with van der Waals surface area (Å²) in [6.07, 6.45) is 2.13. The van der Waals surface area contributed by atoms with Crippen LogP contribution in [-0.2, 0) is 0 Å². The van der Waals surface area contributed by atoms with Gasteiger partial charge in [-0.25, -0.2) is 0 Å². The normalized spacial score (nSPS) is 18.1. The second-order valence-electron chi connectivity index (χ2n) is 5.31. The molecule has 1 aliphatic rings. The van der Waals surface area contributed by atoms with Gasteiger partial charge in [0.05, 0.1) is 12.6 Å². The quantitative estimate of drug-likeness (QED) is 0.884. The van der Waals surface area contributed by atoms with E-state index in [0.717, 1.165) is 29.7 Å². The third kappa shape index (κ3) is 2.57. The molecule has 0 fully saturated rings. The van der Waals surface area contributed by atoms with E-state index in [0.29, 0.717) is 0 Å². The number of aromatic nitrogens is 1. The van der Waals surface area contributed by atoms with Crippen molar-refractivity contribution in [1.82, 2.24) is 4.68 Å². The molecule has 3 rings (SSSR count). The summed E-state index contributed by atoms with van der Waals surface area (Å²) in [4.78, 5) is 0. The maximum atomic E-state index is 5.86. The maximum absolute atomic E-state index is 5.86. The Morgan fingerprint density at radius 2 is 1.95 bits per heavy atom. The van der Waals surface area contributed by atoms with Crippen molar-refractivity contribution in [3.05, 3.63) is 51.8 Å². The fourth-order valence-corrected chi connectivity index (χ4v) is 3.05. The van der Waals surface area contributed by atoms with Gasteiger partial charge in [-0.2, -0.15) is 0 Å². The lowest BCUT2D eigenvalue weighted by atomic mass is 10.0. The molecule has 2 heterocycles. The number of halogens is 1. The largest absolute Gasteiger partial charge is 0.493 e. The van der Waals surface area contributed by atoms with Crippen LogP contribution in [0.25, 0.3) is 0 Å². The summed E-state index contributed by atoms with van der Waals surface area (Å²) in [6.45, 7) is 5.02. The van der Waals surface area contributed by atoms with Gasteiger partial charge in [-0.15, -0.1) is 0 Å². The Kier molecular flexibility index (Phi) is 3.74. The van der Waals surface area contributed by atoms with Crippen LogP contribution in [0.2, 0.25) is 0 Å². The van der Waals surface area contributed by atoms with Crippen molar-refractivity contribution in [1.29, 1.82) is 0 Å². The molecule has 0 saturated carbocycles. The summed E-state index contributed by atoms with van der Waals surface area (Å²) < 4.78 is 9.09. The van der Waals surface area contributed by atoms with Crippen molar-refractivity contribution in [2.45, 2.75) is 32.7 Å². The summed E-state index contributed by atoms with van der Waals surface area (Å²) >= 11 is 3.51. The molecule has 0 aliphatic carbocycles. The second-order valence-corrected chi connectivity index (χ2v) is 6.22. The molecule has 20 heavy (non-hydrogen) atoms. The average Bonchev–Trinajstić information content (AvgIpc) is 2.64. The van der Waals surface area contributed by atoms with E-state index in [2.05, 4.69) is 70.2 Å². The predicted octanol–water partition coefficient (Wildman–Crippen LogP) is 4.32. The first-order valence-electron chi connectivity index (χ1n) is 6.99. The summed E-state index contributed by atoms with van der Waals surface area (Å²) in [5.41, 5.74) is 7.33. The third-order valence-corrected chi connectivity index (χ3v) is 4.30. The standard InChI is InChI=1S/C16H19BrN2O/c1-11-5-6-12(2)19(11)18-15-4-3-9-20-16-10-13(17)7-8-14(15)16/h5-8,10,15,18H,3-4,9H2,1-2H3. The van der Waals surface area contributed by atoms with Crippen LogP contribution in [-0.4, -0.2) is 11.3 Å². The monoisotopic (exact) mass is 334 g/mol. The first-order chi connectivity index (χ1) is 9.65. The molecule has 1 aromatic heterocycles. The first-order valence-corrected chi connectivity index (χ1v) is 7.78. The van der Waals surface area contributed by atoms with Gasteiger partial charge in [0.1, 0.15) is 5.75 Å². The Labute approximate surface area is 128 Å². The van der Waals surface area contributed by atoms with Crippen molar-refractivity contribution in [3.8, 4) is 5.75 Å². The van der Waals surface area contributed by atoms with Crippen LogP contribution in [0.3, 0.4) is 0 Å². The van der Waals surface area contributed by atoms with E-state index in [1.54, 1.807) is 0 Å². The van der Waals surface area contributed by atoms with Gasteiger partial charge in [0, 0.05) is 21.4 Å². The van der Waals surface area contributed by atoms with Gasteiger partial charge in [0.15, 0.2) is 0 Å². The number of aryl methyl sites for hydroxylation is 2. The number of fused-ring (bicyclic) bond motifs is 1. The Morgan fingerprint density at radius 1 is 1.20 bits per heavy atom. The highest BCUT2D eigenvalue weighted by atomic mass is 79.9. The highest BCUT2D eigenvalue weighted by molar-refractivity contribution is 9.10. The molecule has 3 nitrogen and oxygen atoms in total. The van der Waals surface area contributed by atoms with Crippen molar-refractivity contribution in [3.63, 3.8) is 0 Å². The van der Waals surface area contributed by atoms with Crippen LogP contribution in [0.1, 0.15) is 35.8 Å². The minimum atomic E-state index is 0.283. The highest BCUT2D eigenvalue weighted by Gasteiger charge is 2.20. The topological polar surface area (TPSA) is 26.2 Å². The van der Waals surface area contributed by atoms with Crippen LogP contribution in [0.15, 0.2) is 34.8 Å². The van der Waals surface area contributed by atoms with Crippen LogP contribution < -0.4 is 10.2 Å². The molecule has 1 unspecified atom stereocenters. The maximum Gasteiger partial charge on any atom is 0.125 e. The molecule has 1 atom stereocenters. The van der Waals surface area contributed by atoms with Crippen molar-refractivity contribution >= 4 is 15.9 Å². The molecular formula is C16H19BrN2O. The minimum Gasteiger partial charge on any atom is -0.493 e. The van der Waals surface area contributed by atoms with E-state index in [9.17, 15) is 0 Å². The lowest BCUT2D eigenvalue weighted by molar-refractivity contribution is 0.316. The van der Waals surface area contributed by atoms with Crippen molar-refractivity contribution in [2.24, 2.45) is 0 Å². The van der Waals surface area contributed by atoms with E-state index in [1.165, 1.54) is 17.0 Å². The van der Waals surface area contributed by atoms with E-state index in [-0.39, 0.29) is 6.04 Å². The van der Waals surface area contributed by atoms with Crippen LogP contribution >= 0.6 is 15.9 Å². The number of ether oxygens (including phenoxy) is 1. The minimum absolute atomic E-state index is 0.283. The van der Waals surface area contributed by atoms with Gasteiger partial charge < -0.3 is 10.2 Å². The van der Waals surface area contributed by atoms with Gasteiger partial charge in [-0.1, -0.05) is 22.0 Å². The average molecular weight is 335 g/mol. The van der Waals surface area contributed by atoms with Crippen LogP contribution in [0.4, 0.5) is 0 Å². The van der Waals surface area contributed by atoms with Crippen LogP contribution in [0, 0.1) is 13.8 Å². The third-order valence-electron chi connectivity index (χ3n) is 3.80. The SMILES string of the molecule is Cc1ccc(C)n1NC1CCCOc2cc(Br)ccc21. The number of benzene rings is 1. The molecule has 0 bridgehead atoms. The van der Waals surface area contributed by atoms with E-state index in [1.807, 2.05) is 0 Å². The lowest BCUT2D eigenvalue weighted by Crippen LogP contribution is -2.22. The number of nitrogens with one attached hydrogen (secondary N) is 1. The van der Waals surface area contributed by atoms with E-state index in [4.69, 9.17) is 4.74 Å². The molecule has 0 amide bonds. The van der Waals surface area contributed by atoms with Gasteiger partial charge in [0.25, 0.3) is 0 Å². The number of nitrogens with zero attached hydrogens (tertiary/aromatic N) is 1. The van der Waals surface area contributed by atoms with Crippen LogP contribution in [0.5, 0.6) is 5.75 Å². The Bertz CT molecular complexity index is 601. The summed E-state index contributed by atoms with van der Waals surface area (Å²) in [5.74, 6) is 0.983. The molecular weight excluding hydrogens is 316 g/mol. The van der Waals surface area contributed by atoms with E-state index < -0.39 is 0 Å². The van der Waals surface area contributed by atoms with Gasteiger partial charge in [0.2, 0.25) is 0 Å². The molecule has 4 heteroatoms. The smallest absolute Gasteiger partial charge is 0.125 e. The Hall–Kier alpha value is -1.42. The first kappa shape index (κ1) is 13.6. The van der Waals surface area contributed by atoms with Gasteiger partial charge in [-0.05, 0) is 51.0 Å². The predicted molar refractivity (Wildman–Crippen MR) is 84.9 cm³/mol. The zero-order valence-corrected chi connectivity index (χ0v) is 13.4. The van der Waals surface area contributed by atoms with E-state index >= 15 is 0 Å². The summed E-state index contributed by atoms with van der Waals surface area (Å²) in [7, 11) is 0. The second kappa shape index (κ2) is 5.52. The zero-order valence-electron chi connectivity index (χ0n) is 11.8. The zero-order chi connectivity index (χ0) is 14.1. The lowest BCUT2D eigenvalue weighted by Gasteiger charge is -2.23. The molecule has 1 aliphatic heterocycles. The van der Waals surface area contributed by atoms with Crippen molar-refractivity contribution in [2.75, 3.05) is 12.0 Å². The summed E-state index contributed by atoms with van der Waals surface area (Å²) in [6, 6.07) is 10.8. The molecule has 1 aromatic carbocycles. The molecule has 0 spiro atoms. The molecule has 1 N–H and O–H groups in total. The summed E-state index contributed by atoms with van der Waals surface area (Å²) in [5, 5.41) is 0. The molecule has 0 saturated heterocycles. The number of rotatable bonds is 2. The Balaban J connectivity index is 1.94. The number of hydrogen-bond acceptors (Lipinski definition) is 2. The Morgan fingerprint density at radius 3 is 2.70 bits per heavy atom.